The fraction of sp³-hybridized carbons (Fsp3) is 0.455. The molecule has 7 nitrogen and oxygen atoms in total. The van der Waals surface area contributed by atoms with E-state index in [-0.39, 0.29) is 22.8 Å². The highest BCUT2D eigenvalue weighted by molar-refractivity contribution is 5.96. The molecule has 0 radical (unpaired) electrons. The number of Topliss-reactive ketones (excluding diaryl/α,β-unsaturated/α-hetero) is 1. The van der Waals surface area contributed by atoms with Crippen LogP contribution in [0.5, 0.6) is 17.2 Å². The molecule has 1 atom stereocenters. The Kier molecular flexibility index (Phi) is 7.70. The van der Waals surface area contributed by atoms with E-state index in [1.54, 1.807) is 25.1 Å². The molecule has 2 rings (SSSR count). The van der Waals surface area contributed by atoms with E-state index < -0.39 is 12.1 Å². The summed E-state index contributed by atoms with van der Waals surface area (Å²) in [4.78, 5) is 24.8. The van der Waals surface area contributed by atoms with Gasteiger partial charge in [0.25, 0.3) is 0 Å². The summed E-state index contributed by atoms with van der Waals surface area (Å²) in [6.45, 7) is 5.24. The smallest absolute Gasteiger partial charge is 0.346 e. The van der Waals surface area contributed by atoms with Crippen molar-refractivity contribution in [2.24, 2.45) is 0 Å². The summed E-state index contributed by atoms with van der Waals surface area (Å²) in [5, 5.41) is 0. The van der Waals surface area contributed by atoms with Crippen LogP contribution in [0, 0.1) is 6.92 Å². The number of carbonyl (C=O) groups excluding carboxylic acids is 2. The zero-order chi connectivity index (χ0) is 21.6. The van der Waals surface area contributed by atoms with Crippen molar-refractivity contribution in [3.05, 3.63) is 40.8 Å². The molecular formula is C22H28O7. The van der Waals surface area contributed by atoms with Gasteiger partial charge in [-0.05, 0) is 32.8 Å². The molecule has 1 aromatic heterocycles. The van der Waals surface area contributed by atoms with E-state index in [9.17, 15) is 9.59 Å². The number of hydrogen-bond acceptors (Lipinski definition) is 7. The third kappa shape index (κ3) is 5.10. The number of ketones is 1. The van der Waals surface area contributed by atoms with Crippen LogP contribution in [0.2, 0.25) is 0 Å². The van der Waals surface area contributed by atoms with Crippen molar-refractivity contribution in [3.8, 4) is 17.2 Å². The Morgan fingerprint density at radius 2 is 1.66 bits per heavy atom. The van der Waals surface area contributed by atoms with E-state index in [0.29, 0.717) is 29.3 Å². The van der Waals surface area contributed by atoms with Crippen molar-refractivity contribution < 1.29 is 33.0 Å². The number of carbonyl (C=O) groups is 2. The molecule has 0 aliphatic carbocycles. The van der Waals surface area contributed by atoms with Gasteiger partial charge in [-0.3, -0.25) is 4.79 Å². The number of benzene rings is 1. The van der Waals surface area contributed by atoms with E-state index in [1.165, 1.54) is 28.3 Å². The highest BCUT2D eigenvalue weighted by atomic mass is 16.6. The second-order valence-electron chi connectivity index (χ2n) is 6.62. The Hall–Kier alpha value is -2.96. The molecule has 158 valence electrons. The van der Waals surface area contributed by atoms with Crippen LogP contribution in [0.4, 0.5) is 0 Å². The average Bonchev–Trinajstić information content (AvgIpc) is 3.11. The molecule has 0 spiro atoms. The first kappa shape index (κ1) is 22.3. The third-order valence-corrected chi connectivity index (χ3v) is 4.62. The van der Waals surface area contributed by atoms with Crippen LogP contribution in [0.15, 0.2) is 22.6 Å². The summed E-state index contributed by atoms with van der Waals surface area (Å²) in [6.07, 6.45) is 1.67. The number of methoxy groups -OCH3 is 3. The highest BCUT2D eigenvalue weighted by Crippen LogP contribution is 2.37. The number of aryl methyl sites for hydroxylation is 1. The van der Waals surface area contributed by atoms with Crippen molar-refractivity contribution in [2.45, 2.75) is 46.1 Å². The lowest BCUT2D eigenvalue weighted by Gasteiger charge is -2.18. The second-order valence-corrected chi connectivity index (χ2v) is 6.62. The van der Waals surface area contributed by atoms with Crippen LogP contribution in [0.3, 0.4) is 0 Å². The summed E-state index contributed by atoms with van der Waals surface area (Å²) in [7, 11) is 4.42. The van der Waals surface area contributed by atoms with Crippen molar-refractivity contribution in [1.29, 1.82) is 0 Å². The molecule has 1 aromatic carbocycles. The molecule has 1 unspecified atom stereocenters. The normalized spacial score (nSPS) is 11.7. The summed E-state index contributed by atoms with van der Waals surface area (Å²) >= 11 is 0. The maximum Gasteiger partial charge on any atom is 0.346 e. The van der Waals surface area contributed by atoms with Crippen molar-refractivity contribution >= 4 is 11.8 Å². The minimum absolute atomic E-state index is 0.100. The van der Waals surface area contributed by atoms with Gasteiger partial charge in [0.15, 0.2) is 11.9 Å². The first-order chi connectivity index (χ1) is 13.9. The van der Waals surface area contributed by atoms with E-state index in [2.05, 4.69) is 0 Å². The van der Waals surface area contributed by atoms with Gasteiger partial charge in [-0.15, -0.1) is 0 Å². The van der Waals surface area contributed by atoms with Crippen molar-refractivity contribution in [3.63, 3.8) is 0 Å². The first-order valence-corrected chi connectivity index (χ1v) is 9.48. The molecule has 0 saturated carbocycles. The minimum Gasteiger partial charge on any atom is -0.496 e. The number of rotatable bonds is 10. The van der Waals surface area contributed by atoms with Crippen LogP contribution < -0.4 is 14.2 Å². The van der Waals surface area contributed by atoms with Gasteiger partial charge in [-0.2, -0.15) is 0 Å². The van der Waals surface area contributed by atoms with Crippen LogP contribution >= 0.6 is 0 Å². The zero-order valence-corrected chi connectivity index (χ0v) is 17.8. The summed E-state index contributed by atoms with van der Waals surface area (Å²) < 4.78 is 27.4. The standard InChI is InChI=1S/C22H28O7/c1-7-8-9-17(18-12-16(13(2)23)14(3)28-18)29-22(24)21-19(26-5)10-15(25-4)11-20(21)27-6/h10-12,17H,7-9H2,1-6H3. The molecule has 29 heavy (non-hydrogen) atoms. The van der Waals surface area contributed by atoms with Crippen LogP contribution in [-0.2, 0) is 4.74 Å². The molecule has 1 heterocycles. The fourth-order valence-corrected chi connectivity index (χ4v) is 3.06. The van der Waals surface area contributed by atoms with Crippen LogP contribution in [0.1, 0.15) is 71.5 Å². The van der Waals surface area contributed by atoms with Crippen LogP contribution in [-0.4, -0.2) is 33.1 Å². The Labute approximate surface area is 170 Å². The number of unbranched alkanes of at least 4 members (excludes halogenated alkanes) is 1. The second kappa shape index (κ2) is 10.0. The molecule has 0 fully saturated rings. The molecule has 0 saturated heterocycles. The number of esters is 1. The Balaban J connectivity index is 2.40. The van der Waals surface area contributed by atoms with Gasteiger partial charge in [-0.1, -0.05) is 13.3 Å². The van der Waals surface area contributed by atoms with Gasteiger partial charge in [0, 0.05) is 12.1 Å². The molecule has 0 amide bonds. The Morgan fingerprint density at radius 1 is 1.03 bits per heavy atom. The Morgan fingerprint density at radius 3 is 2.10 bits per heavy atom. The average molecular weight is 404 g/mol. The minimum atomic E-state index is -0.634. The van der Waals surface area contributed by atoms with Gasteiger partial charge in [-0.25, -0.2) is 4.79 Å². The predicted octanol–water partition coefficient (Wildman–Crippen LogP) is 4.90. The SMILES string of the molecule is CCCCC(OC(=O)c1c(OC)cc(OC)cc1OC)c1cc(C(C)=O)c(C)o1. The topological polar surface area (TPSA) is 84.2 Å². The van der Waals surface area contributed by atoms with E-state index in [0.717, 1.165) is 12.8 Å². The maximum atomic E-state index is 13.0. The third-order valence-electron chi connectivity index (χ3n) is 4.62. The van der Waals surface area contributed by atoms with E-state index in [4.69, 9.17) is 23.4 Å². The van der Waals surface area contributed by atoms with Gasteiger partial charge in [0.1, 0.15) is 34.3 Å². The van der Waals surface area contributed by atoms with Gasteiger partial charge in [0.05, 0.1) is 26.9 Å². The quantitative estimate of drug-likeness (QED) is 0.411. The molecular weight excluding hydrogens is 376 g/mol. The summed E-state index contributed by atoms with van der Waals surface area (Å²) in [5.74, 6) is 1.29. The molecule has 0 aliphatic rings. The molecule has 0 aliphatic heterocycles. The number of furan rings is 1. The monoisotopic (exact) mass is 404 g/mol. The van der Waals surface area contributed by atoms with Gasteiger partial charge >= 0.3 is 5.97 Å². The molecule has 2 aromatic rings. The molecule has 0 bridgehead atoms. The van der Waals surface area contributed by atoms with Crippen LogP contribution in [0.25, 0.3) is 0 Å². The predicted molar refractivity (Wildman–Crippen MR) is 107 cm³/mol. The fourth-order valence-electron chi connectivity index (χ4n) is 3.06. The maximum absolute atomic E-state index is 13.0. The first-order valence-electron chi connectivity index (χ1n) is 9.48. The summed E-state index contributed by atoms with van der Waals surface area (Å²) in [5.41, 5.74) is 0.643. The van der Waals surface area contributed by atoms with Crippen molar-refractivity contribution in [2.75, 3.05) is 21.3 Å². The highest BCUT2D eigenvalue weighted by Gasteiger charge is 2.28. The lowest BCUT2D eigenvalue weighted by Crippen LogP contribution is -2.14. The number of hydrogen-bond donors (Lipinski definition) is 0. The number of ether oxygens (including phenoxy) is 4. The van der Waals surface area contributed by atoms with Crippen molar-refractivity contribution in [1.82, 2.24) is 0 Å². The lowest BCUT2D eigenvalue weighted by atomic mass is 10.1. The van der Waals surface area contributed by atoms with Gasteiger partial charge < -0.3 is 23.4 Å². The van der Waals surface area contributed by atoms with Gasteiger partial charge in [0.2, 0.25) is 0 Å². The van der Waals surface area contributed by atoms with E-state index in [1.807, 2.05) is 6.92 Å². The molecule has 0 N–H and O–H groups in total. The van der Waals surface area contributed by atoms with E-state index >= 15 is 0 Å². The Bertz CT molecular complexity index is 841. The summed E-state index contributed by atoms with van der Waals surface area (Å²) in [6, 6.07) is 4.82. The molecule has 7 heteroatoms. The largest absolute Gasteiger partial charge is 0.496 e. The lowest BCUT2D eigenvalue weighted by molar-refractivity contribution is 0.0207. The zero-order valence-electron chi connectivity index (χ0n) is 17.8.